The van der Waals surface area contributed by atoms with Gasteiger partial charge in [0.1, 0.15) is 17.3 Å². The van der Waals surface area contributed by atoms with Crippen LogP contribution in [0.5, 0.6) is 0 Å². The van der Waals surface area contributed by atoms with Gasteiger partial charge in [-0.15, -0.1) is 5.10 Å². The van der Waals surface area contributed by atoms with Gasteiger partial charge >= 0.3 is 0 Å². The Hall–Kier alpha value is -3.75. The van der Waals surface area contributed by atoms with E-state index in [2.05, 4.69) is 25.3 Å². The lowest BCUT2D eigenvalue weighted by molar-refractivity contribution is 0.584. The summed E-state index contributed by atoms with van der Waals surface area (Å²) in [4.78, 5) is 12.8. The molecule has 0 saturated carbocycles. The zero-order chi connectivity index (χ0) is 20.4. The van der Waals surface area contributed by atoms with Crippen LogP contribution in [0.1, 0.15) is 18.3 Å². The third-order valence-corrected chi connectivity index (χ3v) is 4.25. The van der Waals surface area contributed by atoms with E-state index in [0.717, 1.165) is 23.9 Å². The SMILES string of the molecule is CCc1cccc(Cn2cc(-c3cc(-c4cc(F)cc(F)c4)nc(N)n3)nn2)n1. The first-order chi connectivity index (χ1) is 14.0. The van der Waals surface area contributed by atoms with Gasteiger partial charge in [-0.1, -0.05) is 18.2 Å². The van der Waals surface area contributed by atoms with Crippen LogP contribution in [-0.4, -0.2) is 29.9 Å². The number of pyridine rings is 1. The largest absolute Gasteiger partial charge is 0.368 e. The maximum Gasteiger partial charge on any atom is 0.221 e. The van der Waals surface area contributed by atoms with E-state index < -0.39 is 11.6 Å². The fraction of sp³-hybridized carbons (Fsp3) is 0.150. The first-order valence-corrected chi connectivity index (χ1v) is 8.96. The highest BCUT2D eigenvalue weighted by Gasteiger charge is 2.12. The van der Waals surface area contributed by atoms with Crippen LogP contribution in [0.2, 0.25) is 0 Å². The van der Waals surface area contributed by atoms with E-state index in [4.69, 9.17) is 5.73 Å². The number of nitrogens with zero attached hydrogens (tertiary/aromatic N) is 6. The van der Waals surface area contributed by atoms with E-state index in [0.29, 0.717) is 17.9 Å². The first kappa shape index (κ1) is 18.6. The molecule has 146 valence electrons. The number of nitrogen functional groups attached to an aromatic ring is 1. The number of aryl methyl sites for hydroxylation is 1. The minimum atomic E-state index is -0.702. The quantitative estimate of drug-likeness (QED) is 0.559. The van der Waals surface area contributed by atoms with Crippen LogP contribution in [0.15, 0.2) is 48.7 Å². The van der Waals surface area contributed by atoms with Crippen molar-refractivity contribution in [3.05, 3.63) is 71.7 Å². The molecule has 0 saturated heterocycles. The molecule has 1 aromatic carbocycles. The van der Waals surface area contributed by atoms with Crippen molar-refractivity contribution >= 4 is 5.95 Å². The molecule has 4 rings (SSSR count). The number of halogens is 2. The van der Waals surface area contributed by atoms with Crippen molar-refractivity contribution in [2.45, 2.75) is 19.9 Å². The molecule has 0 radical (unpaired) electrons. The summed E-state index contributed by atoms with van der Waals surface area (Å²) in [5.41, 5.74) is 9.06. The van der Waals surface area contributed by atoms with Gasteiger partial charge in [-0.3, -0.25) is 4.98 Å². The molecule has 0 aliphatic carbocycles. The number of hydrogen-bond acceptors (Lipinski definition) is 6. The topological polar surface area (TPSA) is 95.4 Å². The summed E-state index contributed by atoms with van der Waals surface area (Å²) in [6, 6.07) is 10.6. The highest BCUT2D eigenvalue weighted by atomic mass is 19.1. The van der Waals surface area contributed by atoms with Crippen molar-refractivity contribution in [2.24, 2.45) is 0 Å². The van der Waals surface area contributed by atoms with Gasteiger partial charge in [0.25, 0.3) is 0 Å². The van der Waals surface area contributed by atoms with Crippen molar-refractivity contribution in [3.8, 4) is 22.6 Å². The molecule has 0 spiro atoms. The third-order valence-electron chi connectivity index (χ3n) is 4.25. The third kappa shape index (κ3) is 4.23. The lowest BCUT2D eigenvalue weighted by Crippen LogP contribution is -2.03. The second-order valence-electron chi connectivity index (χ2n) is 6.43. The molecule has 0 unspecified atom stereocenters. The number of benzene rings is 1. The second-order valence-corrected chi connectivity index (χ2v) is 6.43. The Kier molecular flexibility index (Phi) is 4.94. The molecule has 0 bridgehead atoms. The monoisotopic (exact) mass is 393 g/mol. The number of rotatable bonds is 5. The average molecular weight is 393 g/mol. The van der Waals surface area contributed by atoms with Crippen molar-refractivity contribution in [1.82, 2.24) is 29.9 Å². The molecule has 4 aromatic rings. The van der Waals surface area contributed by atoms with Crippen molar-refractivity contribution in [2.75, 3.05) is 5.73 Å². The minimum Gasteiger partial charge on any atom is -0.368 e. The van der Waals surface area contributed by atoms with Gasteiger partial charge in [0.05, 0.1) is 29.8 Å². The van der Waals surface area contributed by atoms with Gasteiger partial charge in [-0.25, -0.2) is 23.4 Å². The van der Waals surface area contributed by atoms with Crippen LogP contribution < -0.4 is 5.73 Å². The molecule has 0 aliphatic rings. The Morgan fingerprint density at radius 3 is 2.38 bits per heavy atom. The second kappa shape index (κ2) is 7.70. The Bertz CT molecular complexity index is 1150. The fourth-order valence-corrected chi connectivity index (χ4v) is 2.92. The first-order valence-electron chi connectivity index (χ1n) is 8.96. The number of aromatic nitrogens is 6. The molecular weight excluding hydrogens is 376 g/mol. The molecule has 3 heterocycles. The van der Waals surface area contributed by atoms with E-state index in [-0.39, 0.29) is 17.2 Å². The van der Waals surface area contributed by atoms with Gasteiger partial charge in [-0.2, -0.15) is 0 Å². The van der Waals surface area contributed by atoms with E-state index in [1.165, 1.54) is 12.1 Å². The standard InChI is InChI=1S/C20H17F2N7/c1-2-15-4-3-5-16(24-15)10-29-11-19(27-28-29)18-9-17(25-20(23)26-18)12-6-13(21)8-14(22)7-12/h3-9,11H,2,10H2,1H3,(H2,23,25,26). The molecule has 0 aliphatic heterocycles. The number of hydrogen-bond donors (Lipinski definition) is 1. The smallest absolute Gasteiger partial charge is 0.221 e. The van der Waals surface area contributed by atoms with Gasteiger partial charge in [0, 0.05) is 17.3 Å². The number of nitrogens with two attached hydrogens (primary N) is 1. The zero-order valence-corrected chi connectivity index (χ0v) is 15.5. The molecule has 0 fully saturated rings. The highest BCUT2D eigenvalue weighted by Crippen LogP contribution is 2.24. The van der Waals surface area contributed by atoms with Crippen LogP contribution in [-0.2, 0) is 13.0 Å². The summed E-state index contributed by atoms with van der Waals surface area (Å²) >= 11 is 0. The van der Waals surface area contributed by atoms with E-state index >= 15 is 0 Å². The molecule has 29 heavy (non-hydrogen) atoms. The Balaban J connectivity index is 1.64. The van der Waals surface area contributed by atoms with Gasteiger partial charge in [0.15, 0.2) is 0 Å². The van der Waals surface area contributed by atoms with Crippen molar-refractivity contribution < 1.29 is 8.78 Å². The summed E-state index contributed by atoms with van der Waals surface area (Å²) in [6.45, 7) is 2.49. The Morgan fingerprint density at radius 1 is 0.897 bits per heavy atom. The van der Waals surface area contributed by atoms with Crippen LogP contribution in [0.3, 0.4) is 0 Å². The highest BCUT2D eigenvalue weighted by molar-refractivity contribution is 5.67. The summed E-state index contributed by atoms with van der Waals surface area (Å²) in [6.07, 6.45) is 2.55. The fourth-order valence-electron chi connectivity index (χ4n) is 2.92. The summed E-state index contributed by atoms with van der Waals surface area (Å²) in [5.74, 6) is -1.44. The van der Waals surface area contributed by atoms with Crippen molar-refractivity contribution in [1.29, 1.82) is 0 Å². The normalized spacial score (nSPS) is 11.0. The summed E-state index contributed by atoms with van der Waals surface area (Å²) in [5, 5.41) is 8.24. The van der Waals surface area contributed by atoms with Gasteiger partial charge in [0.2, 0.25) is 5.95 Å². The van der Waals surface area contributed by atoms with E-state index in [1.807, 2.05) is 25.1 Å². The Labute approximate surface area is 165 Å². The zero-order valence-electron chi connectivity index (χ0n) is 15.5. The number of anilines is 1. The molecule has 9 heteroatoms. The lowest BCUT2D eigenvalue weighted by atomic mass is 10.1. The molecule has 3 aromatic heterocycles. The predicted molar refractivity (Wildman–Crippen MR) is 104 cm³/mol. The van der Waals surface area contributed by atoms with Crippen LogP contribution in [0.25, 0.3) is 22.6 Å². The molecule has 7 nitrogen and oxygen atoms in total. The predicted octanol–water partition coefficient (Wildman–Crippen LogP) is 3.27. The Morgan fingerprint density at radius 2 is 1.62 bits per heavy atom. The molecular formula is C20H17F2N7. The maximum absolute atomic E-state index is 13.6. The van der Waals surface area contributed by atoms with Crippen LogP contribution >= 0.6 is 0 Å². The molecule has 0 amide bonds. The minimum absolute atomic E-state index is 0.0333. The summed E-state index contributed by atoms with van der Waals surface area (Å²) in [7, 11) is 0. The lowest BCUT2D eigenvalue weighted by Gasteiger charge is -2.05. The maximum atomic E-state index is 13.6. The van der Waals surface area contributed by atoms with E-state index in [1.54, 1.807) is 16.9 Å². The van der Waals surface area contributed by atoms with Gasteiger partial charge < -0.3 is 5.73 Å². The molecule has 2 N–H and O–H groups in total. The summed E-state index contributed by atoms with van der Waals surface area (Å²) < 4.78 is 28.7. The van der Waals surface area contributed by atoms with Gasteiger partial charge in [-0.05, 0) is 36.8 Å². The molecule has 0 atom stereocenters. The van der Waals surface area contributed by atoms with E-state index in [9.17, 15) is 8.78 Å². The van der Waals surface area contributed by atoms with Crippen LogP contribution in [0, 0.1) is 11.6 Å². The van der Waals surface area contributed by atoms with Crippen LogP contribution in [0.4, 0.5) is 14.7 Å². The average Bonchev–Trinajstić information content (AvgIpc) is 3.15. The van der Waals surface area contributed by atoms with Crippen molar-refractivity contribution in [3.63, 3.8) is 0 Å².